The first kappa shape index (κ1) is 10.5. The van der Waals surface area contributed by atoms with Crippen molar-refractivity contribution in [3.8, 4) is 5.75 Å². The SMILES string of the molecule is Cc1cccc(C)c1OCc1cc(N)n[nH]1. The van der Waals surface area contributed by atoms with Gasteiger partial charge in [-0.25, -0.2) is 0 Å². The van der Waals surface area contributed by atoms with Crippen molar-refractivity contribution in [2.75, 3.05) is 5.73 Å². The van der Waals surface area contributed by atoms with E-state index < -0.39 is 0 Å². The van der Waals surface area contributed by atoms with Gasteiger partial charge in [0.05, 0.1) is 5.69 Å². The smallest absolute Gasteiger partial charge is 0.145 e. The van der Waals surface area contributed by atoms with E-state index >= 15 is 0 Å². The van der Waals surface area contributed by atoms with Crippen LogP contribution in [0, 0.1) is 13.8 Å². The number of aromatic amines is 1. The van der Waals surface area contributed by atoms with Gasteiger partial charge in [0, 0.05) is 6.07 Å². The average Bonchev–Trinajstić information content (AvgIpc) is 2.63. The Kier molecular flexibility index (Phi) is 2.81. The molecule has 0 aliphatic carbocycles. The molecule has 0 saturated carbocycles. The van der Waals surface area contributed by atoms with Gasteiger partial charge in [0.25, 0.3) is 0 Å². The number of H-pyrrole nitrogens is 1. The van der Waals surface area contributed by atoms with Crippen molar-refractivity contribution >= 4 is 5.82 Å². The fraction of sp³-hybridized carbons (Fsp3) is 0.250. The Morgan fingerprint density at radius 3 is 2.56 bits per heavy atom. The molecule has 0 atom stereocenters. The summed E-state index contributed by atoms with van der Waals surface area (Å²) in [6.07, 6.45) is 0. The minimum Gasteiger partial charge on any atom is -0.487 e. The molecule has 2 aromatic rings. The highest BCUT2D eigenvalue weighted by Crippen LogP contribution is 2.23. The van der Waals surface area contributed by atoms with Crippen LogP contribution < -0.4 is 10.5 Å². The summed E-state index contributed by atoms with van der Waals surface area (Å²) in [5, 5.41) is 6.66. The monoisotopic (exact) mass is 217 g/mol. The number of hydrogen-bond acceptors (Lipinski definition) is 3. The Hall–Kier alpha value is -1.97. The molecular weight excluding hydrogens is 202 g/mol. The lowest BCUT2D eigenvalue weighted by Crippen LogP contribution is -1.99. The molecule has 0 bridgehead atoms. The molecular formula is C12H15N3O. The van der Waals surface area contributed by atoms with Gasteiger partial charge in [0.15, 0.2) is 0 Å². The number of nitrogen functional groups attached to an aromatic ring is 1. The lowest BCUT2D eigenvalue weighted by molar-refractivity contribution is 0.297. The zero-order chi connectivity index (χ0) is 11.5. The lowest BCUT2D eigenvalue weighted by Gasteiger charge is -2.10. The summed E-state index contributed by atoms with van der Waals surface area (Å²) in [5.74, 6) is 1.41. The molecule has 0 aliphatic rings. The van der Waals surface area contributed by atoms with Crippen LogP contribution in [0.4, 0.5) is 5.82 Å². The van der Waals surface area contributed by atoms with Crippen LogP contribution in [0.5, 0.6) is 5.75 Å². The predicted molar refractivity (Wildman–Crippen MR) is 63.2 cm³/mol. The van der Waals surface area contributed by atoms with Crippen molar-refractivity contribution in [3.05, 3.63) is 41.1 Å². The molecule has 1 aromatic carbocycles. The Balaban J connectivity index is 2.10. The van der Waals surface area contributed by atoms with E-state index in [-0.39, 0.29) is 0 Å². The fourth-order valence-electron chi connectivity index (χ4n) is 1.63. The molecule has 3 N–H and O–H groups in total. The summed E-state index contributed by atoms with van der Waals surface area (Å²) in [7, 11) is 0. The van der Waals surface area contributed by atoms with Crippen molar-refractivity contribution in [3.63, 3.8) is 0 Å². The van der Waals surface area contributed by atoms with Crippen molar-refractivity contribution in [2.24, 2.45) is 0 Å². The molecule has 4 heteroatoms. The summed E-state index contributed by atoms with van der Waals surface area (Å²) in [6.45, 7) is 4.52. The van der Waals surface area contributed by atoms with Crippen molar-refractivity contribution < 1.29 is 4.74 Å². The minimum atomic E-state index is 0.454. The normalized spacial score (nSPS) is 10.4. The Bertz CT molecular complexity index is 471. The number of nitrogens with zero attached hydrogens (tertiary/aromatic N) is 1. The molecule has 4 nitrogen and oxygen atoms in total. The number of benzene rings is 1. The highest BCUT2D eigenvalue weighted by molar-refractivity contribution is 5.40. The van der Waals surface area contributed by atoms with E-state index in [0.29, 0.717) is 12.4 Å². The Morgan fingerprint density at radius 1 is 1.31 bits per heavy atom. The summed E-state index contributed by atoms with van der Waals surface area (Å²) < 4.78 is 5.74. The van der Waals surface area contributed by atoms with E-state index in [4.69, 9.17) is 10.5 Å². The molecule has 0 saturated heterocycles. The lowest BCUT2D eigenvalue weighted by atomic mass is 10.1. The van der Waals surface area contributed by atoms with Crippen LogP contribution in [0.2, 0.25) is 0 Å². The van der Waals surface area contributed by atoms with Gasteiger partial charge in [0.2, 0.25) is 0 Å². The quantitative estimate of drug-likeness (QED) is 0.828. The standard InChI is InChI=1S/C12H15N3O/c1-8-4-3-5-9(2)12(8)16-7-10-6-11(13)15-14-10/h3-6H,7H2,1-2H3,(H3,13,14,15). The van der Waals surface area contributed by atoms with Gasteiger partial charge in [-0.2, -0.15) is 5.10 Å². The molecule has 1 heterocycles. The first-order valence-electron chi connectivity index (χ1n) is 5.15. The maximum Gasteiger partial charge on any atom is 0.145 e. The second kappa shape index (κ2) is 4.26. The van der Waals surface area contributed by atoms with Gasteiger partial charge in [0.1, 0.15) is 18.2 Å². The van der Waals surface area contributed by atoms with E-state index in [1.54, 1.807) is 6.07 Å². The zero-order valence-corrected chi connectivity index (χ0v) is 9.45. The first-order chi connectivity index (χ1) is 7.66. The number of nitrogens with one attached hydrogen (secondary N) is 1. The number of anilines is 1. The Labute approximate surface area is 94.4 Å². The maximum atomic E-state index is 5.74. The van der Waals surface area contributed by atoms with Crippen LogP contribution in [-0.2, 0) is 6.61 Å². The molecule has 1 aromatic heterocycles. The number of aryl methyl sites for hydroxylation is 2. The molecule has 0 amide bonds. The number of ether oxygens (including phenoxy) is 1. The second-order valence-corrected chi connectivity index (χ2v) is 3.83. The predicted octanol–water partition coefficient (Wildman–Crippen LogP) is 2.19. The summed E-state index contributed by atoms with van der Waals surface area (Å²) >= 11 is 0. The molecule has 0 spiro atoms. The molecule has 0 fully saturated rings. The molecule has 0 unspecified atom stereocenters. The van der Waals surface area contributed by atoms with Crippen LogP contribution in [0.3, 0.4) is 0 Å². The highest BCUT2D eigenvalue weighted by atomic mass is 16.5. The average molecular weight is 217 g/mol. The van der Waals surface area contributed by atoms with E-state index in [0.717, 1.165) is 22.6 Å². The van der Waals surface area contributed by atoms with Gasteiger partial charge < -0.3 is 10.5 Å². The number of hydrogen-bond donors (Lipinski definition) is 2. The molecule has 0 radical (unpaired) electrons. The van der Waals surface area contributed by atoms with Gasteiger partial charge in [-0.15, -0.1) is 0 Å². The third-order valence-corrected chi connectivity index (χ3v) is 2.43. The number of aromatic nitrogens is 2. The Morgan fingerprint density at radius 2 is 2.00 bits per heavy atom. The van der Waals surface area contributed by atoms with E-state index in [9.17, 15) is 0 Å². The van der Waals surface area contributed by atoms with Gasteiger partial charge >= 0.3 is 0 Å². The van der Waals surface area contributed by atoms with Gasteiger partial charge in [-0.05, 0) is 25.0 Å². The largest absolute Gasteiger partial charge is 0.487 e. The van der Waals surface area contributed by atoms with Crippen molar-refractivity contribution in [2.45, 2.75) is 20.5 Å². The van der Waals surface area contributed by atoms with Crippen LogP contribution in [-0.4, -0.2) is 10.2 Å². The zero-order valence-electron chi connectivity index (χ0n) is 9.45. The van der Waals surface area contributed by atoms with Crippen LogP contribution >= 0.6 is 0 Å². The first-order valence-corrected chi connectivity index (χ1v) is 5.15. The molecule has 2 rings (SSSR count). The maximum absolute atomic E-state index is 5.74. The summed E-state index contributed by atoms with van der Waals surface area (Å²) in [6, 6.07) is 7.85. The summed E-state index contributed by atoms with van der Waals surface area (Å²) in [4.78, 5) is 0. The molecule has 84 valence electrons. The third-order valence-electron chi connectivity index (χ3n) is 2.43. The van der Waals surface area contributed by atoms with Crippen molar-refractivity contribution in [1.29, 1.82) is 0 Å². The fourth-order valence-corrected chi connectivity index (χ4v) is 1.63. The molecule has 0 aliphatic heterocycles. The third kappa shape index (κ3) is 2.16. The van der Waals surface area contributed by atoms with E-state index in [1.165, 1.54) is 0 Å². The van der Waals surface area contributed by atoms with Crippen molar-refractivity contribution in [1.82, 2.24) is 10.2 Å². The minimum absolute atomic E-state index is 0.454. The second-order valence-electron chi connectivity index (χ2n) is 3.83. The number of para-hydroxylation sites is 1. The number of nitrogens with two attached hydrogens (primary N) is 1. The summed E-state index contributed by atoms with van der Waals surface area (Å²) in [5.41, 5.74) is 8.65. The topological polar surface area (TPSA) is 63.9 Å². The highest BCUT2D eigenvalue weighted by Gasteiger charge is 2.04. The van der Waals surface area contributed by atoms with E-state index in [1.807, 2.05) is 32.0 Å². The van der Waals surface area contributed by atoms with Crippen LogP contribution in [0.25, 0.3) is 0 Å². The number of rotatable bonds is 3. The van der Waals surface area contributed by atoms with E-state index in [2.05, 4.69) is 10.2 Å². The van der Waals surface area contributed by atoms with Gasteiger partial charge in [-0.1, -0.05) is 18.2 Å². The van der Waals surface area contributed by atoms with Crippen LogP contribution in [0.15, 0.2) is 24.3 Å². The molecule has 16 heavy (non-hydrogen) atoms. The van der Waals surface area contributed by atoms with Crippen LogP contribution in [0.1, 0.15) is 16.8 Å². The van der Waals surface area contributed by atoms with Gasteiger partial charge in [-0.3, -0.25) is 5.10 Å².